The number of benzene rings is 1. The summed E-state index contributed by atoms with van der Waals surface area (Å²) in [4.78, 5) is 27.3. The zero-order valence-electron chi connectivity index (χ0n) is 17.5. The van der Waals surface area contributed by atoms with E-state index in [1.54, 1.807) is 42.7 Å². The Balaban J connectivity index is 1.43. The first-order chi connectivity index (χ1) is 15.6. The number of carbonyl (C=O) groups excluding carboxylic acids is 1. The molecule has 0 unspecified atom stereocenters. The number of piperidine rings is 1. The number of urea groups is 1. The van der Waals surface area contributed by atoms with E-state index in [-0.39, 0.29) is 17.9 Å². The third kappa shape index (κ3) is 3.75. The van der Waals surface area contributed by atoms with Gasteiger partial charge in [0, 0.05) is 44.1 Å². The number of hydrogen-bond donors (Lipinski definition) is 2. The van der Waals surface area contributed by atoms with Crippen molar-refractivity contribution in [2.75, 3.05) is 25.5 Å². The van der Waals surface area contributed by atoms with Gasteiger partial charge in [0.05, 0.1) is 5.69 Å². The summed E-state index contributed by atoms with van der Waals surface area (Å²) in [5, 5.41) is 6.05. The second kappa shape index (κ2) is 8.29. The Labute approximate surface area is 183 Å². The number of nitrogens with zero attached hydrogens (tertiary/aromatic N) is 5. The number of hydrogen-bond acceptors (Lipinski definition) is 6. The molecule has 1 aromatic carbocycles. The van der Waals surface area contributed by atoms with Gasteiger partial charge in [0.1, 0.15) is 23.5 Å². The molecule has 5 rings (SSSR count). The van der Waals surface area contributed by atoms with Gasteiger partial charge in [-0.05, 0) is 43.2 Å². The third-order valence-electron chi connectivity index (χ3n) is 5.61. The van der Waals surface area contributed by atoms with E-state index in [0.29, 0.717) is 36.3 Å². The fraction of sp³-hybridized carbons (Fsp3) is 0.273. The molecular formula is C22H22FN7O2. The van der Waals surface area contributed by atoms with Crippen molar-refractivity contribution in [3.8, 4) is 22.6 Å². The van der Waals surface area contributed by atoms with Gasteiger partial charge in [0.25, 0.3) is 0 Å². The zero-order chi connectivity index (χ0) is 22.1. The van der Waals surface area contributed by atoms with Gasteiger partial charge in [-0.1, -0.05) is 0 Å². The highest BCUT2D eigenvalue weighted by Gasteiger charge is 2.23. The van der Waals surface area contributed by atoms with Crippen molar-refractivity contribution in [3.63, 3.8) is 0 Å². The normalized spacial score (nSPS) is 14.6. The van der Waals surface area contributed by atoms with Gasteiger partial charge >= 0.3 is 11.9 Å². The average molecular weight is 435 g/mol. The molecule has 4 heterocycles. The number of imidazole rings is 1. The maximum atomic E-state index is 13.4. The molecule has 9 nitrogen and oxygen atoms in total. The molecule has 164 valence electrons. The fourth-order valence-corrected chi connectivity index (χ4v) is 3.97. The predicted octanol–water partition coefficient (Wildman–Crippen LogP) is 3.41. The van der Waals surface area contributed by atoms with Crippen molar-refractivity contribution in [2.24, 2.45) is 0 Å². The van der Waals surface area contributed by atoms with Crippen molar-refractivity contribution < 1.29 is 13.6 Å². The van der Waals surface area contributed by atoms with Crippen LogP contribution in [0.15, 0.2) is 53.4 Å². The van der Waals surface area contributed by atoms with Crippen LogP contribution in [0.5, 0.6) is 0 Å². The quantitative estimate of drug-likeness (QED) is 0.510. The molecule has 0 spiro atoms. The number of halogens is 1. The lowest BCUT2D eigenvalue weighted by Crippen LogP contribution is -2.46. The molecule has 1 saturated heterocycles. The van der Waals surface area contributed by atoms with E-state index in [2.05, 4.69) is 20.6 Å². The molecule has 1 aliphatic heterocycles. The molecule has 1 fully saturated rings. The van der Waals surface area contributed by atoms with Crippen molar-refractivity contribution in [1.29, 1.82) is 0 Å². The number of nitrogens with one attached hydrogen (secondary N) is 2. The summed E-state index contributed by atoms with van der Waals surface area (Å²) >= 11 is 0. The summed E-state index contributed by atoms with van der Waals surface area (Å²) in [7, 11) is 1.64. The summed E-state index contributed by atoms with van der Waals surface area (Å²) in [5.41, 5.74) is 2.81. The highest BCUT2D eigenvalue weighted by Crippen LogP contribution is 2.32. The third-order valence-corrected chi connectivity index (χ3v) is 5.61. The number of oxazole rings is 1. The second-order valence-corrected chi connectivity index (χ2v) is 7.60. The smallest absolute Gasteiger partial charge is 0.317 e. The van der Waals surface area contributed by atoms with Crippen LogP contribution in [-0.2, 0) is 0 Å². The minimum atomic E-state index is -0.311. The fourth-order valence-electron chi connectivity index (χ4n) is 3.97. The number of fused-ring (bicyclic) bond motifs is 1. The maximum Gasteiger partial charge on any atom is 0.317 e. The van der Waals surface area contributed by atoms with Crippen LogP contribution in [0.1, 0.15) is 12.8 Å². The molecule has 2 amide bonds. The zero-order valence-corrected chi connectivity index (χ0v) is 17.5. The Kier molecular flexibility index (Phi) is 5.18. The molecule has 0 aliphatic carbocycles. The summed E-state index contributed by atoms with van der Waals surface area (Å²) in [5.74, 6) is 0.618. The van der Waals surface area contributed by atoms with Crippen LogP contribution >= 0.6 is 0 Å². The molecule has 2 N–H and O–H groups in total. The van der Waals surface area contributed by atoms with Gasteiger partial charge in [-0.25, -0.2) is 19.2 Å². The SMILES string of the molecule is CNC(=O)N1CCC(Nc2nccc(-c3c(-c4ccc(F)cc4)nc4occn34)n2)CC1. The highest BCUT2D eigenvalue weighted by atomic mass is 19.1. The van der Waals surface area contributed by atoms with E-state index in [0.717, 1.165) is 24.1 Å². The number of rotatable bonds is 4. The van der Waals surface area contributed by atoms with Crippen LogP contribution in [0, 0.1) is 5.82 Å². The molecule has 0 bridgehead atoms. The number of aromatic nitrogens is 4. The molecule has 0 saturated carbocycles. The van der Waals surface area contributed by atoms with E-state index in [1.165, 1.54) is 12.1 Å². The van der Waals surface area contributed by atoms with E-state index in [9.17, 15) is 9.18 Å². The molecule has 4 aromatic rings. The summed E-state index contributed by atoms with van der Waals surface area (Å²) in [6.45, 7) is 1.34. The molecule has 32 heavy (non-hydrogen) atoms. The minimum absolute atomic E-state index is 0.0557. The summed E-state index contributed by atoms with van der Waals surface area (Å²) in [6, 6.07) is 8.09. The Hall–Kier alpha value is -3.95. The first-order valence-corrected chi connectivity index (χ1v) is 10.4. The van der Waals surface area contributed by atoms with Crippen molar-refractivity contribution >= 4 is 17.8 Å². The lowest BCUT2D eigenvalue weighted by atomic mass is 10.1. The molecule has 1 aliphatic rings. The average Bonchev–Trinajstić information content (AvgIpc) is 3.41. The van der Waals surface area contributed by atoms with Crippen LogP contribution in [0.4, 0.5) is 15.1 Å². The Morgan fingerprint density at radius 2 is 1.94 bits per heavy atom. The number of anilines is 1. The van der Waals surface area contributed by atoms with E-state index < -0.39 is 0 Å². The molecule has 0 radical (unpaired) electrons. The van der Waals surface area contributed by atoms with Crippen LogP contribution in [-0.4, -0.2) is 56.5 Å². The summed E-state index contributed by atoms with van der Waals surface area (Å²) < 4.78 is 20.7. The van der Waals surface area contributed by atoms with Gasteiger partial charge in [-0.15, -0.1) is 0 Å². The molecule has 3 aromatic heterocycles. The first kappa shape index (κ1) is 20.0. The van der Waals surface area contributed by atoms with Crippen molar-refractivity contribution in [1.82, 2.24) is 29.6 Å². The van der Waals surface area contributed by atoms with Gasteiger partial charge in [-0.3, -0.25) is 4.40 Å². The predicted molar refractivity (Wildman–Crippen MR) is 117 cm³/mol. The first-order valence-electron chi connectivity index (χ1n) is 10.4. The Bertz CT molecular complexity index is 1240. The standard InChI is InChI=1S/C22H22FN7O2/c1-24-21(31)29-10-7-16(8-11-29)26-20-25-9-6-17(27-20)19-18(14-2-4-15(23)5-3-14)28-22-30(19)12-13-32-22/h2-6,9,12-13,16H,7-8,10-11H2,1H3,(H,24,31)(H,25,26,27). The Morgan fingerprint density at radius 1 is 1.16 bits per heavy atom. The number of likely N-dealkylation sites (tertiary alicyclic amines) is 1. The maximum absolute atomic E-state index is 13.4. The highest BCUT2D eigenvalue weighted by molar-refractivity contribution is 5.79. The molecule has 10 heteroatoms. The number of amides is 2. The topological polar surface area (TPSA) is 101 Å². The molecule has 0 atom stereocenters. The van der Waals surface area contributed by atoms with E-state index in [4.69, 9.17) is 9.40 Å². The van der Waals surface area contributed by atoms with Crippen LogP contribution in [0.25, 0.3) is 28.5 Å². The lowest BCUT2D eigenvalue weighted by molar-refractivity contribution is 0.186. The minimum Gasteiger partial charge on any atom is -0.432 e. The van der Waals surface area contributed by atoms with Gasteiger partial charge in [0.2, 0.25) is 5.95 Å². The largest absolute Gasteiger partial charge is 0.432 e. The van der Waals surface area contributed by atoms with Crippen molar-refractivity contribution in [3.05, 3.63) is 54.8 Å². The van der Waals surface area contributed by atoms with Gasteiger partial charge in [0.15, 0.2) is 0 Å². The van der Waals surface area contributed by atoms with E-state index in [1.807, 2.05) is 10.5 Å². The Morgan fingerprint density at radius 3 is 2.69 bits per heavy atom. The van der Waals surface area contributed by atoms with Crippen LogP contribution in [0.2, 0.25) is 0 Å². The van der Waals surface area contributed by atoms with Gasteiger partial charge in [-0.2, -0.15) is 4.98 Å². The van der Waals surface area contributed by atoms with Crippen molar-refractivity contribution in [2.45, 2.75) is 18.9 Å². The lowest BCUT2D eigenvalue weighted by Gasteiger charge is -2.32. The summed E-state index contributed by atoms with van der Waals surface area (Å²) in [6.07, 6.45) is 6.63. The molecular weight excluding hydrogens is 413 g/mol. The second-order valence-electron chi connectivity index (χ2n) is 7.60. The van der Waals surface area contributed by atoms with Crippen LogP contribution in [0.3, 0.4) is 0 Å². The van der Waals surface area contributed by atoms with E-state index >= 15 is 0 Å². The van der Waals surface area contributed by atoms with Gasteiger partial charge < -0.3 is 20.0 Å². The number of carbonyl (C=O) groups is 1. The van der Waals surface area contributed by atoms with Crippen LogP contribution < -0.4 is 10.6 Å². The monoisotopic (exact) mass is 435 g/mol.